The van der Waals surface area contributed by atoms with E-state index in [1.807, 2.05) is 0 Å². The zero-order chi connectivity index (χ0) is 21.4. The van der Waals surface area contributed by atoms with Crippen LogP contribution in [-0.2, 0) is 17.8 Å². The van der Waals surface area contributed by atoms with Gasteiger partial charge in [0.2, 0.25) is 0 Å². The number of hydrogen-bond donors (Lipinski definition) is 4. The largest absolute Gasteiger partial charge is 0.508 e. The van der Waals surface area contributed by atoms with E-state index in [1.165, 1.54) is 30.3 Å². The van der Waals surface area contributed by atoms with Crippen molar-refractivity contribution in [2.75, 3.05) is 0 Å². The van der Waals surface area contributed by atoms with Crippen LogP contribution in [0.4, 0.5) is 8.78 Å². The minimum atomic E-state index is -0.788. The summed E-state index contributed by atoms with van der Waals surface area (Å²) in [4.78, 5) is 0. The monoisotopic (exact) mass is 416 g/mol. The SMILES string of the molecule is Oc1cc(O)c2c(c1)O[C@H](c1ccc(O)c(O)c1)[C@H](OCc1cc(F)cc(F)c1)C2. The molecule has 0 saturated carbocycles. The number of hydrogen-bond acceptors (Lipinski definition) is 6. The highest BCUT2D eigenvalue weighted by Gasteiger charge is 2.34. The van der Waals surface area contributed by atoms with Gasteiger partial charge in [-0.05, 0) is 35.4 Å². The molecule has 0 aromatic heterocycles. The van der Waals surface area contributed by atoms with Gasteiger partial charge >= 0.3 is 0 Å². The first-order chi connectivity index (χ1) is 14.3. The molecule has 8 heteroatoms. The van der Waals surface area contributed by atoms with Crippen molar-refractivity contribution in [3.63, 3.8) is 0 Å². The van der Waals surface area contributed by atoms with E-state index in [0.29, 0.717) is 11.1 Å². The molecule has 0 aliphatic carbocycles. The predicted molar refractivity (Wildman–Crippen MR) is 102 cm³/mol. The molecule has 6 nitrogen and oxygen atoms in total. The highest BCUT2D eigenvalue weighted by atomic mass is 19.1. The van der Waals surface area contributed by atoms with Crippen LogP contribution in [0.1, 0.15) is 22.8 Å². The maximum atomic E-state index is 13.5. The van der Waals surface area contributed by atoms with Gasteiger partial charge in [0.05, 0.1) is 6.61 Å². The topological polar surface area (TPSA) is 99.4 Å². The van der Waals surface area contributed by atoms with Gasteiger partial charge in [-0.1, -0.05) is 6.07 Å². The van der Waals surface area contributed by atoms with Crippen molar-refractivity contribution in [3.05, 3.63) is 76.9 Å². The van der Waals surface area contributed by atoms with Gasteiger partial charge in [-0.3, -0.25) is 0 Å². The maximum Gasteiger partial charge on any atom is 0.157 e. The predicted octanol–water partition coefficient (Wildman–Crippen LogP) is 4.05. The van der Waals surface area contributed by atoms with E-state index in [0.717, 1.165) is 18.2 Å². The maximum absolute atomic E-state index is 13.5. The van der Waals surface area contributed by atoms with Crippen molar-refractivity contribution in [1.82, 2.24) is 0 Å². The summed E-state index contributed by atoms with van der Waals surface area (Å²) in [5.41, 5.74) is 1.15. The molecule has 0 saturated heterocycles. The number of benzene rings is 3. The van der Waals surface area contributed by atoms with E-state index in [9.17, 15) is 29.2 Å². The van der Waals surface area contributed by atoms with Crippen LogP contribution in [0.5, 0.6) is 28.7 Å². The smallest absolute Gasteiger partial charge is 0.157 e. The fraction of sp³-hybridized carbons (Fsp3) is 0.182. The minimum absolute atomic E-state index is 0.128. The van der Waals surface area contributed by atoms with Gasteiger partial charge in [0, 0.05) is 30.2 Å². The van der Waals surface area contributed by atoms with Gasteiger partial charge < -0.3 is 29.9 Å². The lowest BCUT2D eigenvalue weighted by Crippen LogP contribution is -2.33. The van der Waals surface area contributed by atoms with Crippen LogP contribution in [0, 0.1) is 11.6 Å². The number of ether oxygens (including phenoxy) is 2. The number of fused-ring (bicyclic) bond motifs is 1. The third-order valence-electron chi connectivity index (χ3n) is 4.88. The summed E-state index contributed by atoms with van der Waals surface area (Å²) in [6.45, 7) is -0.128. The summed E-state index contributed by atoms with van der Waals surface area (Å²) in [6, 6.07) is 9.72. The van der Waals surface area contributed by atoms with Crippen LogP contribution in [0.25, 0.3) is 0 Å². The summed E-state index contributed by atoms with van der Waals surface area (Å²) in [5, 5.41) is 39.4. The summed E-state index contributed by atoms with van der Waals surface area (Å²) < 4.78 is 38.8. The number of aromatic hydroxyl groups is 4. The van der Waals surface area contributed by atoms with E-state index in [-0.39, 0.29) is 47.3 Å². The molecule has 4 rings (SSSR count). The molecule has 0 spiro atoms. The van der Waals surface area contributed by atoms with E-state index in [1.54, 1.807) is 0 Å². The van der Waals surface area contributed by atoms with Crippen molar-refractivity contribution in [2.24, 2.45) is 0 Å². The van der Waals surface area contributed by atoms with Gasteiger partial charge in [0.25, 0.3) is 0 Å². The lowest BCUT2D eigenvalue weighted by Gasteiger charge is -2.34. The molecule has 3 aromatic rings. The molecule has 0 fully saturated rings. The highest BCUT2D eigenvalue weighted by Crippen LogP contribution is 2.43. The minimum Gasteiger partial charge on any atom is -0.508 e. The quantitative estimate of drug-likeness (QED) is 0.479. The fourth-order valence-electron chi connectivity index (χ4n) is 3.49. The summed E-state index contributed by atoms with van der Waals surface area (Å²) >= 11 is 0. The number of phenolic OH excluding ortho intramolecular Hbond substituents is 4. The number of phenols is 4. The number of halogens is 2. The van der Waals surface area contributed by atoms with Crippen LogP contribution in [0.2, 0.25) is 0 Å². The van der Waals surface area contributed by atoms with E-state index in [2.05, 4.69) is 0 Å². The second kappa shape index (κ2) is 7.72. The first-order valence-corrected chi connectivity index (χ1v) is 9.10. The molecule has 1 aliphatic rings. The van der Waals surface area contributed by atoms with Crippen LogP contribution < -0.4 is 4.74 Å². The lowest BCUT2D eigenvalue weighted by molar-refractivity contribution is -0.0468. The molecule has 30 heavy (non-hydrogen) atoms. The van der Waals surface area contributed by atoms with Crippen LogP contribution in [0.3, 0.4) is 0 Å². The molecule has 0 amide bonds. The Morgan fingerprint density at radius 2 is 1.60 bits per heavy atom. The van der Waals surface area contributed by atoms with Crippen molar-refractivity contribution in [2.45, 2.75) is 25.2 Å². The lowest BCUT2D eigenvalue weighted by atomic mass is 9.93. The Morgan fingerprint density at radius 3 is 2.30 bits per heavy atom. The first kappa shape index (κ1) is 19.8. The molecular formula is C22H18F2O6. The van der Waals surface area contributed by atoms with Crippen LogP contribution in [-0.4, -0.2) is 26.5 Å². The molecule has 0 unspecified atom stereocenters. The second-order valence-corrected chi connectivity index (χ2v) is 7.06. The van der Waals surface area contributed by atoms with Gasteiger partial charge in [-0.2, -0.15) is 0 Å². The van der Waals surface area contributed by atoms with Gasteiger partial charge in [-0.25, -0.2) is 8.78 Å². The van der Waals surface area contributed by atoms with Gasteiger partial charge in [0.1, 0.15) is 35.0 Å². The van der Waals surface area contributed by atoms with E-state index < -0.39 is 23.8 Å². The number of rotatable bonds is 4. The Kier molecular flexibility index (Phi) is 5.09. The molecule has 2 atom stereocenters. The molecule has 0 bridgehead atoms. The highest BCUT2D eigenvalue weighted by molar-refractivity contribution is 5.52. The van der Waals surface area contributed by atoms with Gasteiger partial charge in [-0.15, -0.1) is 0 Å². The third-order valence-corrected chi connectivity index (χ3v) is 4.88. The summed E-state index contributed by atoms with van der Waals surface area (Å²) in [5.74, 6) is -2.25. The molecular weight excluding hydrogens is 398 g/mol. The summed E-state index contributed by atoms with van der Waals surface area (Å²) in [7, 11) is 0. The average molecular weight is 416 g/mol. The van der Waals surface area contributed by atoms with Crippen molar-refractivity contribution >= 4 is 0 Å². The standard InChI is InChI=1S/C22H18F2O6/c23-13-3-11(4-14(24)6-13)10-29-21-9-16-18(27)7-15(25)8-20(16)30-22(21)12-1-2-17(26)19(28)5-12/h1-8,21-22,25-28H,9-10H2/t21-,22-/m1/s1. The Hall–Kier alpha value is -3.52. The second-order valence-electron chi connectivity index (χ2n) is 7.06. The van der Waals surface area contributed by atoms with Gasteiger partial charge in [0.15, 0.2) is 17.6 Å². The molecule has 3 aromatic carbocycles. The van der Waals surface area contributed by atoms with Crippen molar-refractivity contribution < 1.29 is 38.7 Å². The van der Waals surface area contributed by atoms with Crippen LogP contribution in [0.15, 0.2) is 48.5 Å². The third kappa shape index (κ3) is 3.95. The first-order valence-electron chi connectivity index (χ1n) is 9.10. The zero-order valence-corrected chi connectivity index (χ0v) is 15.5. The molecule has 1 heterocycles. The Labute approximate surface area is 170 Å². The normalized spacial score (nSPS) is 17.9. The van der Waals surface area contributed by atoms with Crippen LogP contribution >= 0.6 is 0 Å². The fourth-order valence-corrected chi connectivity index (χ4v) is 3.49. The summed E-state index contributed by atoms with van der Waals surface area (Å²) in [6.07, 6.45) is -1.32. The molecule has 1 aliphatic heterocycles. The average Bonchev–Trinajstić information content (AvgIpc) is 2.67. The molecule has 0 radical (unpaired) electrons. The van der Waals surface area contributed by atoms with Crippen molar-refractivity contribution in [1.29, 1.82) is 0 Å². The zero-order valence-electron chi connectivity index (χ0n) is 15.5. The van der Waals surface area contributed by atoms with E-state index >= 15 is 0 Å². The Balaban J connectivity index is 1.67. The van der Waals surface area contributed by atoms with Crippen molar-refractivity contribution in [3.8, 4) is 28.7 Å². The molecule has 156 valence electrons. The Bertz CT molecular complexity index is 1080. The Morgan fingerprint density at radius 1 is 0.867 bits per heavy atom. The van der Waals surface area contributed by atoms with E-state index in [4.69, 9.17) is 9.47 Å². The molecule has 4 N–H and O–H groups in total.